The first-order chi connectivity index (χ1) is 11.4. The fraction of sp³-hybridized carbons (Fsp3) is 0.412. The van der Waals surface area contributed by atoms with E-state index in [1.54, 1.807) is 6.08 Å². The van der Waals surface area contributed by atoms with Gasteiger partial charge in [0.15, 0.2) is 5.78 Å². The molecule has 1 fully saturated rings. The van der Waals surface area contributed by atoms with Crippen molar-refractivity contribution in [1.82, 2.24) is 4.90 Å². The van der Waals surface area contributed by atoms with Crippen molar-refractivity contribution in [2.45, 2.75) is 12.5 Å². The number of ketones is 1. The van der Waals surface area contributed by atoms with Crippen LogP contribution in [0.4, 0.5) is 11.4 Å². The number of hydrogen-bond donors (Lipinski definition) is 2. The number of anilines is 2. The summed E-state index contributed by atoms with van der Waals surface area (Å²) in [6.07, 6.45) is 3.73. The number of nitrogens with two attached hydrogens (primary N) is 2. The van der Waals surface area contributed by atoms with Crippen LogP contribution in [0.2, 0.25) is 0 Å². The van der Waals surface area contributed by atoms with Crippen molar-refractivity contribution in [2.24, 2.45) is 0 Å². The van der Waals surface area contributed by atoms with Crippen molar-refractivity contribution in [1.29, 1.82) is 5.26 Å². The number of nitrogens with zero attached hydrogens (tertiary/aromatic N) is 2. The summed E-state index contributed by atoms with van der Waals surface area (Å²) in [7, 11) is 3.80. The summed E-state index contributed by atoms with van der Waals surface area (Å²) in [6.45, 7) is 1.67. The lowest BCUT2D eigenvalue weighted by atomic mass is 10.0. The summed E-state index contributed by atoms with van der Waals surface area (Å²) in [6, 6.07) is 3.43. The standard InChI is InChI=1S/C17H22N4O3/c1-21(2)6-3-4-14(22)16-15(24-11-5-7-23-10-11)8-13(19)12(9-18)17(16)20/h3-4,8,11H,5-7,10,19-20H2,1-2H3/t11-/m0/s1. The van der Waals surface area contributed by atoms with Gasteiger partial charge in [0.05, 0.1) is 35.7 Å². The van der Waals surface area contributed by atoms with Crippen molar-refractivity contribution in [3.8, 4) is 11.8 Å². The number of carbonyl (C=O) groups is 1. The first-order valence-corrected chi connectivity index (χ1v) is 7.66. The van der Waals surface area contributed by atoms with Gasteiger partial charge in [0, 0.05) is 19.0 Å². The minimum Gasteiger partial charge on any atom is -0.487 e. The van der Waals surface area contributed by atoms with Crippen LogP contribution in [0.1, 0.15) is 22.3 Å². The van der Waals surface area contributed by atoms with Crippen molar-refractivity contribution >= 4 is 17.2 Å². The SMILES string of the molecule is CN(C)CC=CC(=O)c1c(O[C@H]2CCOC2)cc(N)c(C#N)c1N. The van der Waals surface area contributed by atoms with Gasteiger partial charge >= 0.3 is 0 Å². The molecular formula is C17H22N4O3. The molecule has 0 spiro atoms. The van der Waals surface area contributed by atoms with Crippen LogP contribution < -0.4 is 16.2 Å². The van der Waals surface area contributed by atoms with Crippen LogP contribution in [-0.4, -0.2) is 50.6 Å². The molecule has 0 aromatic heterocycles. The Labute approximate surface area is 141 Å². The topological polar surface area (TPSA) is 115 Å². The predicted octanol–water partition coefficient (Wildman–Crippen LogP) is 1.19. The Bertz CT molecular complexity index is 686. The third kappa shape index (κ3) is 4.04. The van der Waals surface area contributed by atoms with E-state index >= 15 is 0 Å². The predicted molar refractivity (Wildman–Crippen MR) is 91.9 cm³/mol. The van der Waals surface area contributed by atoms with Crippen molar-refractivity contribution in [3.63, 3.8) is 0 Å². The van der Waals surface area contributed by atoms with E-state index in [1.165, 1.54) is 12.1 Å². The van der Waals surface area contributed by atoms with Gasteiger partial charge in [-0.2, -0.15) is 5.26 Å². The zero-order valence-electron chi connectivity index (χ0n) is 13.9. The van der Waals surface area contributed by atoms with Crippen LogP contribution in [0.3, 0.4) is 0 Å². The quantitative estimate of drug-likeness (QED) is 0.457. The molecule has 7 nitrogen and oxygen atoms in total. The molecule has 1 aromatic carbocycles. The Balaban J connectivity index is 2.39. The lowest BCUT2D eigenvalue weighted by Crippen LogP contribution is -2.19. The second kappa shape index (κ2) is 7.81. The van der Waals surface area contributed by atoms with Gasteiger partial charge in [-0.05, 0) is 20.2 Å². The minimum atomic E-state index is -0.320. The maximum atomic E-state index is 12.6. The first-order valence-electron chi connectivity index (χ1n) is 7.66. The highest BCUT2D eigenvalue weighted by molar-refractivity contribution is 6.11. The van der Waals surface area contributed by atoms with Crippen LogP contribution in [0.25, 0.3) is 0 Å². The molecule has 0 bridgehead atoms. The lowest BCUT2D eigenvalue weighted by molar-refractivity contribution is 0.103. The fourth-order valence-corrected chi connectivity index (χ4v) is 2.41. The normalized spacial score (nSPS) is 17.3. The number of likely N-dealkylation sites (N-methyl/N-ethyl adjacent to an activating group) is 1. The van der Waals surface area contributed by atoms with Crippen LogP contribution in [-0.2, 0) is 4.74 Å². The molecule has 24 heavy (non-hydrogen) atoms. The van der Waals surface area contributed by atoms with Gasteiger partial charge in [-0.1, -0.05) is 6.08 Å². The summed E-state index contributed by atoms with van der Waals surface area (Å²) in [5.74, 6) is -0.0289. The smallest absolute Gasteiger partial charge is 0.191 e. The molecular weight excluding hydrogens is 308 g/mol. The molecule has 0 unspecified atom stereocenters. The zero-order chi connectivity index (χ0) is 17.7. The van der Waals surface area contributed by atoms with E-state index in [4.69, 9.17) is 20.9 Å². The van der Waals surface area contributed by atoms with Crippen molar-refractivity contribution in [2.75, 3.05) is 45.3 Å². The third-order valence-corrected chi connectivity index (χ3v) is 3.64. The number of carbonyl (C=O) groups excluding carboxylic acids is 1. The second-order valence-electron chi connectivity index (χ2n) is 5.87. The monoisotopic (exact) mass is 330 g/mol. The fourth-order valence-electron chi connectivity index (χ4n) is 2.41. The summed E-state index contributed by atoms with van der Waals surface area (Å²) in [4.78, 5) is 14.5. The maximum absolute atomic E-state index is 12.6. The highest BCUT2D eigenvalue weighted by atomic mass is 16.5. The average molecular weight is 330 g/mol. The Hall–Kier alpha value is -2.56. The molecule has 1 aromatic rings. The molecule has 1 aliphatic heterocycles. The number of benzene rings is 1. The molecule has 1 heterocycles. The average Bonchev–Trinajstić information content (AvgIpc) is 2.99. The molecule has 128 valence electrons. The molecule has 1 atom stereocenters. The lowest BCUT2D eigenvalue weighted by Gasteiger charge is -2.18. The van der Waals surface area contributed by atoms with Gasteiger partial charge < -0.3 is 25.8 Å². The minimum absolute atomic E-state index is 0.0471. The van der Waals surface area contributed by atoms with Crippen LogP contribution >= 0.6 is 0 Å². The number of ether oxygens (including phenoxy) is 2. The van der Waals surface area contributed by atoms with E-state index in [0.717, 1.165) is 6.42 Å². The van der Waals surface area contributed by atoms with Gasteiger partial charge in [-0.25, -0.2) is 0 Å². The largest absolute Gasteiger partial charge is 0.487 e. The number of hydrogen-bond acceptors (Lipinski definition) is 7. The Morgan fingerprint density at radius 1 is 1.54 bits per heavy atom. The van der Waals surface area contributed by atoms with Crippen molar-refractivity contribution in [3.05, 3.63) is 29.3 Å². The van der Waals surface area contributed by atoms with Crippen LogP contribution in [0.5, 0.6) is 5.75 Å². The van der Waals surface area contributed by atoms with Gasteiger partial charge in [-0.15, -0.1) is 0 Å². The number of nitrogen functional groups attached to an aromatic ring is 2. The Morgan fingerprint density at radius 3 is 2.88 bits per heavy atom. The Morgan fingerprint density at radius 2 is 2.29 bits per heavy atom. The molecule has 1 aliphatic rings. The van der Waals surface area contributed by atoms with E-state index in [2.05, 4.69) is 0 Å². The van der Waals surface area contributed by atoms with Crippen LogP contribution in [0.15, 0.2) is 18.2 Å². The molecule has 2 rings (SSSR count). The summed E-state index contributed by atoms with van der Waals surface area (Å²) in [5.41, 5.74) is 12.4. The van der Waals surface area contributed by atoms with Gasteiger partial charge in [0.2, 0.25) is 0 Å². The van der Waals surface area contributed by atoms with Gasteiger partial charge in [-0.3, -0.25) is 4.79 Å². The molecule has 0 radical (unpaired) electrons. The molecule has 0 amide bonds. The number of rotatable bonds is 6. The van der Waals surface area contributed by atoms with E-state index in [0.29, 0.717) is 25.5 Å². The summed E-state index contributed by atoms with van der Waals surface area (Å²) < 4.78 is 11.1. The number of allylic oxidation sites excluding steroid dienone is 1. The van der Waals surface area contributed by atoms with E-state index in [1.807, 2.05) is 25.1 Å². The maximum Gasteiger partial charge on any atom is 0.191 e. The second-order valence-corrected chi connectivity index (χ2v) is 5.87. The van der Waals surface area contributed by atoms with E-state index in [9.17, 15) is 10.1 Å². The summed E-state index contributed by atoms with van der Waals surface area (Å²) in [5, 5.41) is 9.22. The first kappa shape index (κ1) is 17.8. The molecule has 7 heteroatoms. The van der Waals surface area contributed by atoms with E-state index < -0.39 is 0 Å². The van der Waals surface area contributed by atoms with Crippen LogP contribution in [0, 0.1) is 11.3 Å². The summed E-state index contributed by atoms with van der Waals surface area (Å²) >= 11 is 0. The van der Waals surface area contributed by atoms with Gasteiger partial charge in [0.1, 0.15) is 17.9 Å². The molecule has 0 aliphatic carbocycles. The number of nitriles is 1. The molecule has 1 saturated heterocycles. The van der Waals surface area contributed by atoms with Crippen molar-refractivity contribution < 1.29 is 14.3 Å². The molecule has 0 saturated carbocycles. The third-order valence-electron chi connectivity index (χ3n) is 3.64. The zero-order valence-corrected chi connectivity index (χ0v) is 13.9. The highest BCUT2D eigenvalue weighted by Gasteiger charge is 2.24. The van der Waals surface area contributed by atoms with Gasteiger partial charge in [0.25, 0.3) is 0 Å². The van der Waals surface area contributed by atoms with E-state index in [-0.39, 0.29) is 34.4 Å². The highest BCUT2D eigenvalue weighted by Crippen LogP contribution is 2.34. The molecule has 4 N–H and O–H groups in total. The Kier molecular flexibility index (Phi) is 5.79.